The van der Waals surface area contributed by atoms with Crippen LogP contribution in [0.4, 0.5) is 16.3 Å². The van der Waals surface area contributed by atoms with Crippen LogP contribution in [-0.2, 0) is 24.1 Å². The molecular weight excluding hydrogens is 552 g/mol. The molecule has 4 atom stereocenters. The van der Waals surface area contributed by atoms with Gasteiger partial charge in [0.2, 0.25) is 0 Å². The predicted molar refractivity (Wildman–Crippen MR) is 173 cm³/mol. The molecule has 0 radical (unpaired) electrons. The summed E-state index contributed by atoms with van der Waals surface area (Å²) < 4.78 is 12.2. The van der Waals surface area contributed by atoms with Crippen molar-refractivity contribution in [3.63, 3.8) is 0 Å². The molecule has 0 N–H and O–H groups in total. The summed E-state index contributed by atoms with van der Waals surface area (Å²) in [6, 6.07) is 8.02. The minimum Gasteiger partial charge on any atom is -0.462 e. The van der Waals surface area contributed by atoms with Crippen molar-refractivity contribution in [2.75, 3.05) is 49.6 Å². The van der Waals surface area contributed by atoms with Crippen LogP contribution in [0.2, 0.25) is 0 Å². The van der Waals surface area contributed by atoms with Crippen LogP contribution in [0.3, 0.4) is 0 Å². The molecule has 9 nitrogen and oxygen atoms in total. The Morgan fingerprint density at radius 1 is 0.977 bits per heavy atom. The Bertz CT molecular complexity index is 1380. The number of likely N-dealkylation sites (N-methyl/N-ethyl adjacent to an activating group) is 1. The highest BCUT2D eigenvalue weighted by molar-refractivity contribution is 5.70. The predicted octanol–water partition coefficient (Wildman–Crippen LogP) is 5.54. The van der Waals surface area contributed by atoms with Crippen LogP contribution >= 0.6 is 0 Å². The Kier molecular flexibility index (Phi) is 7.88. The summed E-state index contributed by atoms with van der Waals surface area (Å²) in [6.45, 7) is 13.2. The molecular formula is C35H50N6O3. The van der Waals surface area contributed by atoms with Crippen LogP contribution in [0.1, 0.15) is 94.5 Å². The van der Waals surface area contributed by atoms with Crippen LogP contribution in [0, 0.1) is 0 Å². The summed E-state index contributed by atoms with van der Waals surface area (Å²) in [5.74, 6) is 1.59. The summed E-state index contributed by atoms with van der Waals surface area (Å²) in [4.78, 5) is 32.7. The highest BCUT2D eigenvalue weighted by atomic mass is 16.6. The second-order valence-corrected chi connectivity index (χ2v) is 14.8. The molecule has 2 aromatic rings. The van der Waals surface area contributed by atoms with E-state index in [0.29, 0.717) is 24.6 Å². The second-order valence-electron chi connectivity index (χ2n) is 14.8. The van der Waals surface area contributed by atoms with Crippen molar-refractivity contribution >= 4 is 17.6 Å². The highest BCUT2D eigenvalue weighted by Gasteiger charge is 2.45. The molecule has 7 rings (SSSR count). The number of hydrogen-bond donors (Lipinski definition) is 0. The fourth-order valence-electron chi connectivity index (χ4n) is 8.37. The molecule has 238 valence electrons. The number of hydrogen-bond acceptors (Lipinski definition) is 8. The first-order valence-corrected chi connectivity index (χ1v) is 17.0. The lowest BCUT2D eigenvalue weighted by atomic mass is 9.82. The van der Waals surface area contributed by atoms with Gasteiger partial charge in [-0.3, -0.25) is 4.90 Å². The Morgan fingerprint density at radius 3 is 2.50 bits per heavy atom. The number of anilines is 2. The third kappa shape index (κ3) is 5.72. The molecule has 1 aromatic heterocycles. The van der Waals surface area contributed by atoms with Gasteiger partial charge < -0.3 is 24.2 Å². The molecule has 44 heavy (non-hydrogen) atoms. The van der Waals surface area contributed by atoms with E-state index in [1.165, 1.54) is 48.1 Å². The monoisotopic (exact) mass is 602 g/mol. The third-order valence-electron chi connectivity index (χ3n) is 10.6. The van der Waals surface area contributed by atoms with Gasteiger partial charge in [-0.1, -0.05) is 19.1 Å². The number of benzene rings is 1. The van der Waals surface area contributed by atoms with Crippen LogP contribution in [0.25, 0.3) is 0 Å². The van der Waals surface area contributed by atoms with Gasteiger partial charge in [-0.2, -0.15) is 9.97 Å². The van der Waals surface area contributed by atoms with Crippen molar-refractivity contribution in [2.24, 2.45) is 0 Å². The second kappa shape index (κ2) is 11.7. The minimum absolute atomic E-state index is 0.128. The molecule has 2 bridgehead atoms. The molecule has 1 amide bonds. The quantitative estimate of drug-likeness (QED) is 0.442. The molecule has 1 aromatic carbocycles. The normalized spacial score (nSPS) is 26.9. The maximum Gasteiger partial charge on any atom is 0.410 e. The fraction of sp³-hybridized carbons (Fsp3) is 0.686. The first-order chi connectivity index (χ1) is 21.1. The number of ether oxygens (including phenoxy) is 2. The molecule has 4 aliphatic heterocycles. The number of rotatable bonds is 5. The molecule has 1 aliphatic carbocycles. The van der Waals surface area contributed by atoms with Gasteiger partial charge in [0.05, 0.1) is 24.3 Å². The highest BCUT2D eigenvalue weighted by Crippen LogP contribution is 2.41. The minimum atomic E-state index is -0.499. The number of nitrogens with zero attached hydrogens (tertiary/aromatic N) is 6. The summed E-state index contributed by atoms with van der Waals surface area (Å²) in [5, 5.41) is 0. The van der Waals surface area contributed by atoms with Crippen molar-refractivity contribution in [3.05, 3.63) is 40.6 Å². The molecule has 3 unspecified atom stereocenters. The standard InChI is InChI=1S/C35H50N6O3/c1-23-9-6-10-24-11-7-13-30(31(23)24)39-18-16-28-29(21-39)36-33(43-22-27-12-8-17-38(27)5)37-32(28)40-19-25-14-15-26(20-40)41(25)34(42)44-35(2,3)4/h7,11,13,23,25-27H,6,8-10,12,14-22H2,1-5H3/t23?,25?,26?,27-/m0/s1. The zero-order valence-corrected chi connectivity index (χ0v) is 27.3. The Labute approximate surface area is 262 Å². The van der Waals surface area contributed by atoms with Gasteiger partial charge >= 0.3 is 12.1 Å². The number of aryl methyl sites for hydroxylation is 1. The molecule has 0 saturated carbocycles. The van der Waals surface area contributed by atoms with E-state index in [1.807, 2.05) is 25.7 Å². The summed E-state index contributed by atoms with van der Waals surface area (Å²) in [7, 11) is 2.18. The number of amides is 1. The van der Waals surface area contributed by atoms with Gasteiger partial charge in [0.25, 0.3) is 0 Å². The van der Waals surface area contributed by atoms with Gasteiger partial charge in [0, 0.05) is 36.9 Å². The molecule has 3 saturated heterocycles. The van der Waals surface area contributed by atoms with E-state index in [1.54, 1.807) is 0 Å². The molecule has 9 heteroatoms. The van der Waals surface area contributed by atoms with Crippen LogP contribution < -0.4 is 14.5 Å². The van der Waals surface area contributed by atoms with E-state index in [4.69, 9.17) is 19.4 Å². The summed E-state index contributed by atoms with van der Waals surface area (Å²) in [6.07, 6.45) is 8.77. The van der Waals surface area contributed by atoms with E-state index in [-0.39, 0.29) is 18.2 Å². The van der Waals surface area contributed by atoms with E-state index in [2.05, 4.69) is 46.9 Å². The van der Waals surface area contributed by atoms with E-state index in [9.17, 15) is 4.79 Å². The number of fused-ring (bicyclic) bond motifs is 4. The lowest BCUT2D eigenvalue weighted by Gasteiger charge is -2.43. The smallest absolute Gasteiger partial charge is 0.410 e. The SMILES string of the molecule is CC1CCCc2cccc(N3CCc4c(nc(OC[C@@H]5CCCN5C)nc4N4CC5CCC(C4)N5C(=O)OC(C)(C)C)C3)c21. The molecule has 3 fully saturated rings. The molecule has 0 spiro atoms. The van der Waals surface area contributed by atoms with Crippen LogP contribution in [0.5, 0.6) is 6.01 Å². The number of carbonyl (C=O) groups is 1. The molecule has 5 aliphatic rings. The van der Waals surface area contributed by atoms with Crippen molar-refractivity contribution < 1.29 is 14.3 Å². The number of carbonyl (C=O) groups excluding carboxylic acids is 1. The fourth-order valence-corrected chi connectivity index (χ4v) is 8.37. The van der Waals surface area contributed by atoms with Gasteiger partial charge in [-0.05, 0) is 109 Å². The van der Waals surface area contributed by atoms with Gasteiger partial charge in [-0.25, -0.2) is 4.79 Å². The maximum absolute atomic E-state index is 13.2. The average molecular weight is 603 g/mol. The van der Waals surface area contributed by atoms with Crippen LogP contribution in [-0.4, -0.2) is 89.4 Å². The van der Waals surface area contributed by atoms with Gasteiger partial charge in [0.1, 0.15) is 18.0 Å². The van der Waals surface area contributed by atoms with E-state index >= 15 is 0 Å². The van der Waals surface area contributed by atoms with Crippen molar-refractivity contribution in [3.8, 4) is 6.01 Å². The third-order valence-corrected chi connectivity index (χ3v) is 10.6. The van der Waals surface area contributed by atoms with E-state index < -0.39 is 5.60 Å². The van der Waals surface area contributed by atoms with Crippen molar-refractivity contribution in [2.45, 2.75) is 115 Å². The molecule has 5 heterocycles. The zero-order chi connectivity index (χ0) is 30.6. The maximum atomic E-state index is 13.2. The summed E-state index contributed by atoms with van der Waals surface area (Å²) in [5.41, 5.74) is 6.25. The Hall–Kier alpha value is -3.07. The van der Waals surface area contributed by atoms with Crippen LogP contribution in [0.15, 0.2) is 18.2 Å². The van der Waals surface area contributed by atoms with Crippen molar-refractivity contribution in [1.29, 1.82) is 0 Å². The lowest BCUT2D eigenvalue weighted by molar-refractivity contribution is 0.0122. The largest absolute Gasteiger partial charge is 0.462 e. The number of likely N-dealkylation sites (tertiary alicyclic amines) is 1. The van der Waals surface area contributed by atoms with Gasteiger partial charge in [-0.15, -0.1) is 0 Å². The Morgan fingerprint density at radius 2 is 1.77 bits per heavy atom. The number of piperazine rings is 1. The summed E-state index contributed by atoms with van der Waals surface area (Å²) >= 11 is 0. The van der Waals surface area contributed by atoms with Gasteiger partial charge in [0.15, 0.2) is 0 Å². The Balaban J connectivity index is 1.18. The topological polar surface area (TPSA) is 74.3 Å². The first kappa shape index (κ1) is 29.6. The average Bonchev–Trinajstić information content (AvgIpc) is 3.52. The number of aromatic nitrogens is 2. The zero-order valence-electron chi connectivity index (χ0n) is 27.3. The van der Waals surface area contributed by atoms with E-state index in [0.717, 1.165) is 69.9 Å². The van der Waals surface area contributed by atoms with Crippen molar-refractivity contribution in [1.82, 2.24) is 19.8 Å². The first-order valence-electron chi connectivity index (χ1n) is 17.0. The lowest BCUT2D eigenvalue weighted by Crippen LogP contribution is -2.57.